The van der Waals surface area contributed by atoms with Crippen molar-refractivity contribution >= 4 is 23.4 Å². The summed E-state index contributed by atoms with van der Waals surface area (Å²) >= 11 is 5.95. The maximum Gasteiger partial charge on any atom is 0.373 e. The number of halogens is 1. The summed E-state index contributed by atoms with van der Waals surface area (Å²) in [5, 5.41) is 9.88. The Balaban J connectivity index is 3.05. The van der Waals surface area contributed by atoms with Crippen molar-refractivity contribution in [3.8, 4) is 0 Å². The summed E-state index contributed by atoms with van der Waals surface area (Å²) in [5.74, 6) is -2.14. The molecule has 0 aliphatic rings. The number of allylic oxidation sites excluding steroid dienone is 1. The fourth-order valence-corrected chi connectivity index (χ4v) is 1.72. The number of benzene rings is 1. The van der Waals surface area contributed by atoms with Crippen LogP contribution in [0.15, 0.2) is 24.0 Å². The highest BCUT2D eigenvalue weighted by Gasteiger charge is 2.14. The second-order valence-electron chi connectivity index (χ2n) is 4.03. The van der Waals surface area contributed by atoms with Crippen LogP contribution in [0.3, 0.4) is 0 Å². The summed E-state index contributed by atoms with van der Waals surface area (Å²) in [7, 11) is 0. The van der Waals surface area contributed by atoms with Crippen molar-refractivity contribution < 1.29 is 19.4 Å². The average Bonchev–Trinajstić information content (AvgIpc) is 2.33. The van der Waals surface area contributed by atoms with Gasteiger partial charge in [-0.1, -0.05) is 17.7 Å². The fourth-order valence-electron chi connectivity index (χ4n) is 1.56. The number of esters is 1. The van der Waals surface area contributed by atoms with Crippen molar-refractivity contribution in [2.24, 2.45) is 0 Å². The van der Waals surface area contributed by atoms with Gasteiger partial charge in [0.2, 0.25) is 5.76 Å². The van der Waals surface area contributed by atoms with E-state index < -0.39 is 17.5 Å². The van der Waals surface area contributed by atoms with Crippen LogP contribution in [-0.4, -0.2) is 23.5 Å². The highest BCUT2D eigenvalue weighted by molar-refractivity contribution is 6.32. The lowest BCUT2D eigenvalue weighted by atomic mass is 10.0. The topological polar surface area (TPSA) is 63.6 Å². The molecule has 0 atom stereocenters. The molecule has 19 heavy (non-hydrogen) atoms. The minimum absolute atomic E-state index is 0.125. The van der Waals surface area contributed by atoms with E-state index in [1.807, 2.05) is 6.92 Å². The molecule has 1 aromatic carbocycles. The Bertz CT molecular complexity index is 547. The first-order valence-electron chi connectivity index (χ1n) is 5.75. The average molecular weight is 283 g/mol. The summed E-state index contributed by atoms with van der Waals surface area (Å²) in [5.41, 5.74) is 1.92. The summed E-state index contributed by atoms with van der Waals surface area (Å²) in [4.78, 5) is 23.1. The molecule has 1 rings (SSSR count). The standard InChI is InChI=1S/C14H15ClO4/c1-4-19-14(18)13(17)7-12(16)10-6-11(15)9(3)5-8(10)2/h5-7,17H,4H2,1-3H3/b13-7-. The number of hydrogen-bond acceptors (Lipinski definition) is 4. The zero-order chi connectivity index (χ0) is 14.6. The second kappa shape index (κ2) is 6.38. The van der Waals surface area contributed by atoms with Crippen molar-refractivity contribution in [1.82, 2.24) is 0 Å². The molecule has 0 spiro atoms. The van der Waals surface area contributed by atoms with Crippen LogP contribution >= 0.6 is 11.6 Å². The summed E-state index contributed by atoms with van der Waals surface area (Å²) in [6, 6.07) is 3.29. The molecule has 0 aliphatic carbocycles. The predicted molar refractivity (Wildman–Crippen MR) is 72.6 cm³/mol. The summed E-state index contributed by atoms with van der Waals surface area (Å²) in [6.07, 6.45) is 0.839. The molecule has 0 bridgehead atoms. The molecule has 0 fully saturated rings. The van der Waals surface area contributed by atoms with Crippen LogP contribution in [0.4, 0.5) is 0 Å². The van der Waals surface area contributed by atoms with Gasteiger partial charge in [-0.25, -0.2) is 4.79 Å². The Morgan fingerprint density at radius 3 is 2.53 bits per heavy atom. The van der Waals surface area contributed by atoms with Crippen molar-refractivity contribution in [1.29, 1.82) is 0 Å². The maximum absolute atomic E-state index is 11.9. The van der Waals surface area contributed by atoms with Gasteiger partial charge in [-0.3, -0.25) is 4.79 Å². The van der Waals surface area contributed by atoms with Gasteiger partial charge in [-0.05, 0) is 38.0 Å². The third kappa shape index (κ3) is 3.83. The van der Waals surface area contributed by atoms with E-state index in [1.54, 1.807) is 19.9 Å². The van der Waals surface area contributed by atoms with Crippen LogP contribution in [0.5, 0.6) is 0 Å². The molecule has 0 amide bonds. The van der Waals surface area contributed by atoms with E-state index in [0.29, 0.717) is 10.6 Å². The Morgan fingerprint density at radius 1 is 1.32 bits per heavy atom. The Hall–Kier alpha value is -1.81. The van der Waals surface area contributed by atoms with Crippen LogP contribution in [0.25, 0.3) is 0 Å². The smallest absolute Gasteiger partial charge is 0.373 e. The number of carbonyl (C=O) groups excluding carboxylic acids is 2. The van der Waals surface area contributed by atoms with Gasteiger partial charge in [-0.2, -0.15) is 0 Å². The number of carbonyl (C=O) groups is 2. The number of rotatable bonds is 4. The molecule has 0 radical (unpaired) electrons. The van der Waals surface area contributed by atoms with Gasteiger partial charge in [0.05, 0.1) is 6.61 Å². The largest absolute Gasteiger partial charge is 0.502 e. The molecule has 0 aromatic heterocycles. The van der Waals surface area contributed by atoms with Gasteiger partial charge < -0.3 is 9.84 Å². The van der Waals surface area contributed by atoms with Gasteiger partial charge in [0.15, 0.2) is 5.78 Å². The molecule has 0 unspecified atom stereocenters. The minimum Gasteiger partial charge on any atom is -0.502 e. The number of aryl methyl sites for hydroxylation is 2. The summed E-state index contributed by atoms with van der Waals surface area (Å²) in [6.45, 7) is 5.32. The monoisotopic (exact) mass is 282 g/mol. The highest BCUT2D eigenvalue weighted by atomic mass is 35.5. The molecule has 0 saturated heterocycles. The summed E-state index contributed by atoms with van der Waals surface area (Å²) < 4.78 is 4.58. The molecule has 1 aromatic rings. The number of ketones is 1. The zero-order valence-corrected chi connectivity index (χ0v) is 11.7. The van der Waals surface area contributed by atoms with Gasteiger partial charge >= 0.3 is 5.97 Å². The van der Waals surface area contributed by atoms with Crippen LogP contribution in [0.2, 0.25) is 5.02 Å². The number of aliphatic hydroxyl groups is 1. The molecular formula is C14H15ClO4. The minimum atomic E-state index is -0.924. The van der Waals surface area contributed by atoms with E-state index in [2.05, 4.69) is 4.74 Å². The molecule has 5 heteroatoms. The van der Waals surface area contributed by atoms with Crippen LogP contribution in [0.1, 0.15) is 28.4 Å². The van der Waals surface area contributed by atoms with E-state index >= 15 is 0 Å². The lowest BCUT2D eigenvalue weighted by molar-refractivity contribution is -0.141. The number of hydrogen-bond donors (Lipinski definition) is 1. The Morgan fingerprint density at radius 2 is 1.95 bits per heavy atom. The molecule has 4 nitrogen and oxygen atoms in total. The molecule has 0 aliphatic heterocycles. The van der Waals surface area contributed by atoms with E-state index in [9.17, 15) is 14.7 Å². The lowest BCUT2D eigenvalue weighted by Gasteiger charge is -2.06. The lowest BCUT2D eigenvalue weighted by Crippen LogP contribution is -2.10. The first-order valence-corrected chi connectivity index (χ1v) is 6.13. The quantitative estimate of drug-likeness (QED) is 0.399. The van der Waals surface area contributed by atoms with Gasteiger partial charge in [0.25, 0.3) is 0 Å². The number of ether oxygens (including phenoxy) is 1. The van der Waals surface area contributed by atoms with Crippen molar-refractivity contribution in [3.05, 3.63) is 45.7 Å². The van der Waals surface area contributed by atoms with Crippen molar-refractivity contribution in [3.63, 3.8) is 0 Å². The molecule has 0 heterocycles. The first kappa shape index (κ1) is 15.2. The van der Waals surface area contributed by atoms with Crippen LogP contribution in [-0.2, 0) is 9.53 Å². The predicted octanol–water partition coefficient (Wildman–Crippen LogP) is 3.14. The van der Waals surface area contributed by atoms with E-state index in [0.717, 1.165) is 17.2 Å². The number of aliphatic hydroxyl groups excluding tert-OH is 1. The zero-order valence-electron chi connectivity index (χ0n) is 11.0. The van der Waals surface area contributed by atoms with Crippen LogP contribution in [0, 0.1) is 13.8 Å². The van der Waals surface area contributed by atoms with Crippen LogP contribution < -0.4 is 0 Å². The van der Waals surface area contributed by atoms with Gasteiger partial charge in [-0.15, -0.1) is 0 Å². The molecular weight excluding hydrogens is 268 g/mol. The van der Waals surface area contributed by atoms with E-state index in [1.165, 1.54) is 6.07 Å². The fraction of sp³-hybridized carbons (Fsp3) is 0.286. The second-order valence-corrected chi connectivity index (χ2v) is 4.44. The normalized spacial score (nSPS) is 11.3. The van der Waals surface area contributed by atoms with Gasteiger partial charge in [0.1, 0.15) is 0 Å². The maximum atomic E-state index is 11.9. The van der Waals surface area contributed by atoms with Crippen molar-refractivity contribution in [2.75, 3.05) is 6.61 Å². The Labute approximate surface area is 116 Å². The molecule has 0 saturated carbocycles. The highest BCUT2D eigenvalue weighted by Crippen LogP contribution is 2.21. The third-order valence-electron chi connectivity index (χ3n) is 2.52. The SMILES string of the molecule is CCOC(=O)/C(O)=C/C(=O)c1cc(Cl)c(C)cc1C. The Kier molecular flexibility index (Phi) is 5.12. The van der Waals surface area contributed by atoms with E-state index in [-0.39, 0.29) is 6.61 Å². The molecule has 102 valence electrons. The van der Waals surface area contributed by atoms with Gasteiger partial charge in [0, 0.05) is 16.7 Å². The third-order valence-corrected chi connectivity index (χ3v) is 2.93. The first-order chi connectivity index (χ1) is 8.86. The van der Waals surface area contributed by atoms with E-state index in [4.69, 9.17) is 11.6 Å². The van der Waals surface area contributed by atoms with Crippen molar-refractivity contribution in [2.45, 2.75) is 20.8 Å². The molecule has 1 N–H and O–H groups in total.